The molecule has 0 spiro atoms. The van der Waals surface area contributed by atoms with Crippen molar-refractivity contribution < 1.29 is 9.59 Å². The van der Waals surface area contributed by atoms with E-state index < -0.39 is 0 Å². The van der Waals surface area contributed by atoms with Crippen molar-refractivity contribution in [1.82, 2.24) is 15.2 Å². The predicted molar refractivity (Wildman–Crippen MR) is 65.1 cm³/mol. The molecule has 0 unspecified atom stereocenters. The van der Waals surface area contributed by atoms with Crippen LogP contribution in [0.4, 0.5) is 0 Å². The molecule has 1 aromatic rings. The summed E-state index contributed by atoms with van der Waals surface area (Å²) in [6.07, 6.45) is 0.388. The third-order valence-corrected chi connectivity index (χ3v) is 3.86. The maximum absolute atomic E-state index is 12.0. The number of hydrogen-bond donors (Lipinski definition) is 1. The number of aryl methyl sites for hydroxylation is 2. The van der Waals surface area contributed by atoms with E-state index in [-0.39, 0.29) is 17.9 Å². The highest BCUT2D eigenvalue weighted by atomic mass is 32.1. The summed E-state index contributed by atoms with van der Waals surface area (Å²) in [7, 11) is 1.75. The summed E-state index contributed by atoms with van der Waals surface area (Å²) in [4.78, 5) is 29.8. The van der Waals surface area contributed by atoms with Crippen LogP contribution in [0.25, 0.3) is 0 Å². The first-order valence-electron chi connectivity index (χ1n) is 5.46. The van der Waals surface area contributed by atoms with E-state index in [1.165, 1.54) is 11.3 Å². The zero-order chi connectivity index (χ0) is 12.6. The van der Waals surface area contributed by atoms with Gasteiger partial charge in [0, 0.05) is 20.0 Å². The van der Waals surface area contributed by atoms with E-state index in [2.05, 4.69) is 10.3 Å². The number of likely N-dealkylation sites (N-methyl/N-ethyl adjacent to an activating group) is 1. The number of hydrogen-bond acceptors (Lipinski definition) is 4. The number of amides is 2. The van der Waals surface area contributed by atoms with E-state index in [0.29, 0.717) is 17.8 Å². The van der Waals surface area contributed by atoms with Crippen molar-refractivity contribution in [3.8, 4) is 0 Å². The number of aromatic nitrogens is 1. The fourth-order valence-electron chi connectivity index (χ4n) is 1.95. The number of carbonyl (C=O) groups excluding carboxylic acids is 2. The van der Waals surface area contributed by atoms with Crippen molar-refractivity contribution in [2.75, 3.05) is 13.6 Å². The number of likely N-dealkylation sites (tertiary alicyclic amines) is 1. The summed E-state index contributed by atoms with van der Waals surface area (Å²) in [6.45, 7) is 4.28. The Hall–Kier alpha value is -1.43. The lowest BCUT2D eigenvalue weighted by Crippen LogP contribution is -2.36. The topological polar surface area (TPSA) is 62.3 Å². The van der Waals surface area contributed by atoms with Crippen molar-refractivity contribution in [2.45, 2.75) is 26.3 Å². The summed E-state index contributed by atoms with van der Waals surface area (Å²) < 4.78 is 0. The molecule has 1 aliphatic heterocycles. The molecule has 1 N–H and O–H groups in total. The maximum Gasteiger partial charge on any atom is 0.263 e. The molecule has 1 aromatic heterocycles. The Labute approximate surface area is 104 Å². The van der Waals surface area contributed by atoms with Gasteiger partial charge in [0.15, 0.2) is 0 Å². The summed E-state index contributed by atoms with van der Waals surface area (Å²) in [5.41, 5.74) is 0.752. The van der Waals surface area contributed by atoms with Crippen LogP contribution < -0.4 is 5.32 Å². The number of nitrogens with one attached hydrogen (secondary N) is 1. The van der Waals surface area contributed by atoms with Gasteiger partial charge in [-0.25, -0.2) is 4.98 Å². The van der Waals surface area contributed by atoms with Crippen LogP contribution in [0.3, 0.4) is 0 Å². The first-order valence-corrected chi connectivity index (χ1v) is 6.28. The molecule has 0 aliphatic carbocycles. The second kappa shape index (κ2) is 4.44. The fourth-order valence-corrected chi connectivity index (χ4v) is 2.78. The Morgan fingerprint density at radius 3 is 2.71 bits per heavy atom. The average molecular weight is 253 g/mol. The van der Waals surface area contributed by atoms with Gasteiger partial charge in [-0.15, -0.1) is 11.3 Å². The van der Waals surface area contributed by atoms with E-state index in [9.17, 15) is 9.59 Å². The van der Waals surface area contributed by atoms with Crippen LogP contribution in [0, 0.1) is 13.8 Å². The van der Waals surface area contributed by atoms with Crippen LogP contribution in [-0.4, -0.2) is 41.3 Å². The molecule has 1 fully saturated rings. The van der Waals surface area contributed by atoms with Crippen molar-refractivity contribution >= 4 is 23.2 Å². The minimum atomic E-state index is -0.124. The lowest BCUT2D eigenvalue weighted by atomic mass is 10.2. The zero-order valence-corrected chi connectivity index (χ0v) is 10.9. The van der Waals surface area contributed by atoms with Crippen LogP contribution in [0.5, 0.6) is 0 Å². The molecule has 0 saturated carbocycles. The smallest absolute Gasteiger partial charge is 0.263 e. The Morgan fingerprint density at radius 2 is 2.24 bits per heavy atom. The number of nitrogens with zero attached hydrogens (tertiary/aromatic N) is 2. The third-order valence-electron chi connectivity index (χ3n) is 2.79. The molecule has 1 saturated heterocycles. The number of thiazole rings is 1. The lowest BCUT2D eigenvalue weighted by Gasteiger charge is -2.11. The van der Waals surface area contributed by atoms with Crippen molar-refractivity contribution in [2.24, 2.45) is 0 Å². The van der Waals surface area contributed by atoms with E-state index in [4.69, 9.17) is 0 Å². The van der Waals surface area contributed by atoms with E-state index in [0.717, 1.165) is 10.7 Å². The molecule has 0 bridgehead atoms. The van der Waals surface area contributed by atoms with Crippen LogP contribution in [0.15, 0.2) is 0 Å². The molecular formula is C11H15N3O2S. The van der Waals surface area contributed by atoms with Crippen LogP contribution in [-0.2, 0) is 4.79 Å². The van der Waals surface area contributed by atoms with Gasteiger partial charge in [0.1, 0.15) is 4.88 Å². The molecule has 6 heteroatoms. The minimum Gasteiger partial charge on any atom is -0.346 e. The van der Waals surface area contributed by atoms with Crippen LogP contribution >= 0.6 is 11.3 Å². The molecule has 2 rings (SSSR count). The number of carbonyl (C=O) groups is 2. The van der Waals surface area contributed by atoms with Gasteiger partial charge in [-0.2, -0.15) is 0 Å². The summed E-state index contributed by atoms with van der Waals surface area (Å²) in [5.74, 6) is -0.0475. The summed E-state index contributed by atoms with van der Waals surface area (Å²) in [5, 5.41) is 3.76. The normalized spacial score (nSPS) is 19.8. The van der Waals surface area contributed by atoms with Gasteiger partial charge in [-0.05, 0) is 13.8 Å². The highest BCUT2D eigenvalue weighted by molar-refractivity contribution is 7.13. The van der Waals surface area contributed by atoms with Gasteiger partial charge in [0.05, 0.1) is 16.7 Å². The molecule has 5 nitrogen and oxygen atoms in total. The second-order valence-electron chi connectivity index (χ2n) is 4.30. The van der Waals surface area contributed by atoms with E-state index >= 15 is 0 Å². The first-order chi connectivity index (χ1) is 7.97. The van der Waals surface area contributed by atoms with Crippen LogP contribution in [0.1, 0.15) is 26.8 Å². The Bertz CT molecular complexity index is 469. The Balaban J connectivity index is 2.03. The standard InChI is InChI=1S/C11H15N3O2S/c1-6-10(17-7(2)12-6)11(16)13-8-4-9(15)14(3)5-8/h8H,4-5H2,1-3H3,(H,13,16)/t8-/m0/s1. The second-order valence-corrected chi connectivity index (χ2v) is 5.50. The molecule has 1 atom stereocenters. The zero-order valence-electron chi connectivity index (χ0n) is 10.1. The van der Waals surface area contributed by atoms with Crippen LogP contribution in [0.2, 0.25) is 0 Å². The summed E-state index contributed by atoms with van der Waals surface area (Å²) in [6, 6.07) is -0.0817. The highest BCUT2D eigenvalue weighted by Crippen LogP contribution is 2.18. The summed E-state index contributed by atoms with van der Waals surface area (Å²) >= 11 is 1.39. The molecule has 0 radical (unpaired) electrons. The van der Waals surface area contributed by atoms with E-state index in [1.807, 2.05) is 13.8 Å². The fraction of sp³-hybridized carbons (Fsp3) is 0.545. The SMILES string of the molecule is Cc1nc(C)c(C(=O)N[C@H]2CC(=O)N(C)C2)s1. The van der Waals surface area contributed by atoms with Crippen molar-refractivity contribution in [3.63, 3.8) is 0 Å². The average Bonchev–Trinajstić information content (AvgIpc) is 2.71. The Kier molecular flexibility index (Phi) is 3.15. The first kappa shape index (κ1) is 12.0. The Morgan fingerprint density at radius 1 is 1.53 bits per heavy atom. The van der Waals surface area contributed by atoms with E-state index in [1.54, 1.807) is 11.9 Å². The van der Waals surface area contributed by atoms with Gasteiger partial charge >= 0.3 is 0 Å². The van der Waals surface area contributed by atoms with Crippen molar-refractivity contribution in [1.29, 1.82) is 0 Å². The predicted octanol–water partition coefficient (Wildman–Crippen LogP) is 0.720. The lowest BCUT2D eigenvalue weighted by molar-refractivity contribution is -0.126. The molecule has 2 amide bonds. The van der Waals surface area contributed by atoms with Gasteiger partial charge in [0.25, 0.3) is 5.91 Å². The van der Waals surface area contributed by atoms with Gasteiger partial charge < -0.3 is 10.2 Å². The molecule has 0 aromatic carbocycles. The van der Waals surface area contributed by atoms with Gasteiger partial charge in [-0.3, -0.25) is 9.59 Å². The largest absolute Gasteiger partial charge is 0.346 e. The minimum absolute atomic E-state index is 0.0764. The molecule has 1 aliphatic rings. The molecule has 17 heavy (non-hydrogen) atoms. The molecule has 92 valence electrons. The monoisotopic (exact) mass is 253 g/mol. The quantitative estimate of drug-likeness (QED) is 0.844. The third kappa shape index (κ3) is 2.46. The molecular weight excluding hydrogens is 238 g/mol. The van der Waals surface area contributed by atoms with Gasteiger partial charge in [-0.1, -0.05) is 0 Å². The number of rotatable bonds is 2. The van der Waals surface area contributed by atoms with Gasteiger partial charge in [0.2, 0.25) is 5.91 Å². The molecule has 2 heterocycles. The highest BCUT2D eigenvalue weighted by Gasteiger charge is 2.28. The van der Waals surface area contributed by atoms with Crippen molar-refractivity contribution in [3.05, 3.63) is 15.6 Å². The maximum atomic E-state index is 12.0.